The number of methoxy groups -OCH3 is 1. The standard InChI is InChI=1S/C22H27NO8S/c1-14(24)10-11-17(12-13-31-22(26)15(2)30-3)21(25)23-18-8-4-6-16-7-5-9-19(20(16)18)32(27,28)29/h4-9,15,17H,10-13H2,1-3H3,(H,23,25)(H,27,28,29). The number of fused-ring (bicyclic) bond motifs is 1. The first-order valence-electron chi connectivity index (χ1n) is 10.0. The second-order valence-electron chi connectivity index (χ2n) is 7.40. The van der Waals surface area contributed by atoms with Crippen LogP contribution in [-0.4, -0.2) is 50.5 Å². The Labute approximate surface area is 186 Å². The Bertz CT molecular complexity index is 1090. The Kier molecular flexibility index (Phi) is 8.88. The van der Waals surface area contributed by atoms with Crippen LogP contribution in [0.3, 0.4) is 0 Å². The molecule has 0 aromatic heterocycles. The summed E-state index contributed by atoms with van der Waals surface area (Å²) in [4.78, 5) is 35.9. The number of benzene rings is 2. The molecule has 0 spiro atoms. The number of hydrogen-bond acceptors (Lipinski definition) is 7. The summed E-state index contributed by atoms with van der Waals surface area (Å²) in [5, 5.41) is 3.39. The molecule has 0 aliphatic heterocycles. The Morgan fingerprint density at radius 2 is 1.75 bits per heavy atom. The molecule has 174 valence electrons. The Balaban J connectivity index is 2.26. The first-order chi connectivity index (χ1) is 15.0. The first kappa shape index (κ1) is 25.4. The van der Waals surface area contributed by atoms with Crippen LogP contribution in [0.1, 0.15) is 33.1 Å². The number of ether oxygens (including phenoxy) is 2. The van der Waals surface area contributed by atoms with E-state index in [1.165, 1.54) is 39.2 Å². The number of ketones is 1. The summed E-state index contributed by atoms with van der Waals surface area (Å²) >= 11 is 0. The number of esters is 1. The van der Waals surface area contributed by atoms with Gasteiger partial charge in [0.25, 0.3) is 10.1 Å². The number of amides is 1. The summed E-state index contributed by atoms with van der Waals surface area (Å²) in [5.41, 5.74) is 0.207. The molecule has 2 unspecified atom stereocenters. The van der Waals surface area contributed by atoms with Gasteiger partial charge in [0.2, 0.25) is 5.91 Å². The summed E-state index contributed by atoms with van der Waals surface area (Å²) in [6.45, 7) is 2.91. The maximum absolute atomic E-state index is 13.0. The van der Waals surface area contributed by atoms with E-state index in [4.69, 9.17) is 9.47 Å². The second kappa shape index (κ2) is 11.2. The minimum absolute atomic E-state index is 0.0473. The number of anilines is 1. The number of Topliss-reactive ketones (excluding diaryl/α,β-unsaturated/α-hetero) is 1. The van der Waals surface area contributed by atoms with Crippen molar-refractivity contribution in [1.82, 2.24) is 0 Å². The molecule has 0 heterocycles. The molecule has 2 rings (SSSR count). The molecule has 2 aromatic rings. The number of rotatable bonds is 11. The normalized spacial score (nSPS) is 13.4. The zero-order chi connectivity index (χ0) is 23.9. The average Bonchev–Trinajstić information content (AvgIpc) is 2.74. The van der Waals surface area contributed by atoms with Gasteiger partial charge in [0, 0.05) is 30.5 Å². The van der Waals surface area contributed by atoms with E-state index >= 15 is 0 Å². The zero-order valence-electron chi connectivity index (χ0n) is 18.2. The fourth-order valence-corrected chi connectivity index (χ4v) is 3.90. The number of nitrogens with one attached hydrogen (secondary N) is 1. The Hall–Kier alpha value is -2.82. The van der Waals surface area contributed by atoms with Crippen LogP contribution in [-0.2, 0) is 34.0 Å². The average molecular weight is 466 g/mol. The topological polar surface area (TPSA) is 136 Å². The molecule has 0 radical (unpaired) electrons. The molecule has 9 nitrogen and oxygen atoms in total. The van der Waals surface area contributed by atoms with Crippen molar-refractivity contribution in [2.45, 2.75) is 44.1 Å². The Morgan fingerprint density at radius 3 is 2.34 bits per heavy atom. The van der Waals surface area contributed by atoms with Gasteiger partial charge in [0.1, 0.15) is 10.7 Å². The molecule has 0 saturated heterocycles. The predicted molar refractivity (Wildman–Crippen MR) is 118 cm³/mol. The van der Waals surface area contributed by atoms with Crippen molar-refractivity contribution in [3.63, 3.8) is 0 Å². The van der Waals surface area contributed by atoms with Crippen LogP contribution >= 0.6 is 0 Å². The lowest BCUT2D eigenvalue weighted by Gasteiger charge is -2.18. The van der Waals surface area contributed by atoms with Gasteiger partial charge in [-0.25, -0.2) is 4.79 Å². The summed E-state index contributed by atoms with van der Waals surface area (Å²) < 4.78 is 43.3. The molecular weight excluding hydrogens is 438 g/mol. The molecule has 0 bridgehead atoms. The number of carbonyl (C=O) groups is 3. The van der Waals surface area contributed by atoms with Crippen molar-refractivity contribution in [2.24, 2.45) is 5.92 Å². The molecule has 10 heteroatoms. The van der Waals surface area contributed by atoms with Crippen molar-refractivity contribution in [1.29, 1.82) is 0 Å². The quantitative estimate of drug-likeness (QED) is 0.382. The zero-order valence-corrected chi connectivity index (χ0v) is 19.0. The van der Waals surface area contributed by atoms with Crippen LogP contribution in [0.25, 0.3) is 10.8 Å². The molecule has 32 heavy (non-hydrogen) atoms. The maximum Gasteiger partial charge on any atom is 0.334 e. The van der Waals surface area contributed by atoms with E-state index in [1.54, 1.807) is 18.2 Å². The molecule has 2 aromatic carbocycles. The van der Waals surface area contributed by atoms with Crippen LogP contribution in [0.15, 0.2) is 41.3 Å². The predicted octanol–water partition coefficient (Wildman–Crippen LogP) is 2.98. The van der Waals surface area contributed by atoms with Crippen LogP contribution in [0, 0.1) is 5.92 Å². The summed E-state index contributed by atoms with van der Waals surface area (Å²) in [6, 6.07) is 9.22. The van der Waals surface area contributed by atoms with Gasteiger partial charge in [-0.1, -0.05) is 24.3 Å². The van der Waals surface area contributed by atoms with Gasteiger partial charge < -0.3 is 19.6 Å². The number of hydrogen-bond donors (Lipinski definition) is 2. The van der Waals surface area contributed by atoms with Crippen molar-refractivity contribution in [3.8, 4) is 0 Å². The van der Waals surface area contributed by atoms with Crippen molar-refractivity contribution >= 4 is 44.2 Å². The maximum atomic E-state index is 13.0. The molecule has 0 saturated carbocycles. The molecule has 0 fully saturated rings. The largest absolute Gasteiger partial charge is 0.464 e. The van der Waals surface area contributed by atoms with Crippen LogP contribution in [0.2, 0.25) is 0 Å². The van der Waals surface area contributed by atoms with E-state index in [0.717, 1.165) is 0 Å². The van der Waals surface area contributed by atoms with Gasteiger partial charge in [-0.2, -0.15) is 8.42 Å². The molecule has 2 N–H and O–H groups in total. The lowest BCUT2D eigenvalue weighted by Crippen LogP contribution is -2.27. The van der Waals surface area contributed by atoms with E-state index in [-0.39, 0.29) is 47.6 Å². The van der Waals surface area contributed by atoms with Gasteiger partial charge in [-0.05, 0) is 44.2 Å². The van der Waals surface area contributed by atoms with Gasteiger partial charge >= 0.3 is 5.97 Å². The van der Waals surface area contributed by atoms with Crippen LogP contribution in [0.4, 0.5) is 5.69 Å². The highest BCUT2D eigenvalue weighted by molar-refractivity contribution is 7.86. The summed E-state index contributed by atoms with van der Waals surface area (Å²) in [6.07, 6.45) is -0.188. The molecule has 0 aliphatic rings. The molecule has 1 amide bonds. The smallest absolute Gasteiger partial charge is 0.334 e. The second-order valence-corrected chi connectivity index (χ2v) is 8.79. The molecular formula is C22H27NO8S. The third-order valence-corrected chi connectivity index (χ3v) is 5.91. The fourth-order valence-electron chi connectivity index (χ4n) is 3.16. The molecule has 0 aliphatic carbocycles. The van der Waals surface area contributed by atoms with E-state index in [9.17, 15) is 27.4 Å². The van der Waals surface area contributed by atoms with Crippen molar-refractivity contribution in [3.05, 3.63) is 36.4 Å². The number of carbonyl (C=O) groups excluding carboxylic acids is 3. The minimum atomic E-state index is -4.53. The van der Waals surface area contributed by atoms with Crippen molar-refractivity contribution < 1.29 is 36.8 Å². The highest BCUT2D eigenvalue weighted by atomic mass is 32.2. The highest BCUT2D eigenvalue weighted by Gasteiger charge is 2.23. The van der Waals surface area contributed by atoms with E-state index in [0.29, 0.717) is 5.39 Å². The lowest BCUT2D eigenvalue weighted by molar-refractivity contribution is -0.155. The highest BCUT2D eigenvalue weighted by Crippen LogP contribution is 2.30. The SMILES string of the molecule is COC(C)C(=O)OCCC(CCC(C)=O)C(=O)Nc1cccc2cccc(S(=O)(=O)O)c12. The van der Waals surface area contributed by atoms with Crippen LogP contribution in [0.5, 0.6) is 0 Å². The van der Waals surface area contributed by atoms with Crippen molar-refractivity contribution in [2.75, 3.05) is 19.0 Å². The first-order valence-corrected chi connectivity index (χ1v) is 11.5. The Morgan fingerprint density at radius 1 is 1.09 bits per heavy atom. The van der Waals surface area contributed by atoms with Gasteiger partial charge in [-0.3, -0.25) is 9.35 Å². The summed E-state index contributed by atoms with van der Waals surface area (Å²) in [5.74, 6) is -1.78. The monoisotopic (exact) mass is 465 g/mol. The van der Waals surface area contributed by atoms with Gasteiger partial charge in [0.15, 0.2) is 6.10 Å². The van der Waals surface area contributed by atoms with E-state index < -0.39 is 34.0 Å². The fraction of sp³-hybridized carbons (Fsp3) is 0.409. The van der Waals surface area contributed by atoms with E-state index in [2.05, 4.69) is 5.32 Å². The lowest BCUT2D eigenvalue weighted by atomic mass is 9.97. The summed E-state index contributed by atoms with van der Waals surface area (Å²) in [7, 11) is -3.15. The third kappa shape index (κ3) is 6.84. The third-order valence-electron chi connectivity index (χ3n) is 5.01. The van der Waals surface area contributed by atoms with Gasteiger partial charge in [-0.15, -0.1) is 0 Å². The molecule has 2 atom stereocenters. The van der Waals surface area contributed by atoms with Gasteiger partial charge in [0.05, 0.1) is 6.61 Å². The van der Waals surface area contributed by atoms with E-state index in [1.807, 2.05) is 0 Å². The minimum Gasteiger partial charge on any atom is -0.464 e. The van der Waals surface area contributed by atoms with Crippen LogP contribution < -0.4 is 5.32 Å².